The van der Waals surface area contributed by atoms with Gasteiger partial charge in [-0.15, -0.1) is 0 Å². The average molecular weight is 349 g/mol. The summed E-state index contributed by atoms with van der Waals surface area (Å²) in [7, 11) is 0. The van der Waals surface area contributed by atoms with Crippen molar-refractivity contribution in [2.24, 2.45) is 0 Å². The largest absolute Gasteiger partial charge is 0.467 e. The highest BCUT2D eigenvalue weighted by Crippen LogP contribution is 2.26. The molecule has 1 amide bonds. The molecule has 110 valence electrons. The summed E-state index contributed by atoms with van der Waals surface area (Å²) < 4.78 is 6.28. The molecule has 0 atom stereocenters. The number of hydrogen-bond acceptors (Lipinski definition) is 3. The Hall–Kier alpha value is -1.62. The van der Waals surface area contributed by atoms with E-state index in [0.29, 0.717) is 12.2 Å². The average Bonchev–Trinajstić information content (AvgIpc) is 3.18. The number of nitrogens with zero attached hydrogens (tertiary/aromatic N) is 2. The quantitative estimate of drug-likeness (QED) is 0.838. The molecular formula is C16H17BrN2O2. The lowest BCUT2D eigenvalue weighted by Crippen LogP contribution is -2.38. The normalized spacial score (nSPS) is 15.3. The van der Waals surface area contributed by atoms with Crippen molar-refractivity contribution in [1.29, 1.82) is 0 Å². The van der Waals surface area contributed by atoms with Gasteiger partial charge in [0.25, 0.3) is 5.91 Å². The zero-order valence-corrected chi connectivity index (χ0v) is 13.3. The van der Waals surface area contributed by atoms with E-state index in [1.807, 2.05) is 23.1 Å². The van der Waals surface area contributed by atoms with E-state index in [4.69, 9.17) is 4.42 Å². The van der Waals surface area contributed by atoms with Crippen LogP contribution in [0, 0.1) is 0 Å². The molecule has 4 nitrogen and oxygen atoms in total. The lowest BCUT2D eigenvalue weighted by atomic mass is 10.1. The molecule has 0 N–H and O–H groups in total. The number of rotatable bonds is 4. The maximum Gasteiger partial charge on any atom is 0.273 e. The van der Waals surface area contributed by atoms with E-state index >= 15 is 0 Å². The van der Waals surface area contributed by atoms with Gasteiger partial charge in [0.15, 0.2) is 0 Å². The van der Waals surface area contributed by atoms with E-state index in [-0.39, 0.29) is 11.9 Å². The minimum atomic E-state index is -0.0224. The zero-order valence-electron chi connectivity index (χ0n) is 11.7. The van der Waals surface area contributed by atoms with Crippen molar-refractivity contribution in [2.45, 2.75) is 38.3 Å². The van der Waals surface area contributed by atoms with Crippen molar-refractivity contribution in [1.82, 2.24) is 9.88 Å². The standard InChI is InChI=1S/C16H17BrN2O2/c17-12-7-8-15(18-10-12)16(20)19(13-4-1-2-5-13)11-14-6-3-9-21-14/h3,6-10,13H,1-2,4-5,11H2. The fraction of sp³-hybridized carbons (Fsp3) is 0.375. The smallest absolute Gasteiger partial charge is 0.273 e. The van der Waals surface area contributed by atoms with Crippen LogP contribution in [0.1, 0.15) is 41.9 Å². The molecule has 0 saturated heterocycles. The molecule has 21 heavy (non-hydrogen) atoms. The zero-order chi connectivity index (χ0) is 14.7. The molecule has 3 rings (SSSR count). The van der Waals surface area contributed by atoms with Crippen LogP contribution < -0.4 is 0 Å². The van der Waals surface area contributed by atoms with Crippen LogP contribution in [0.5, 0.6) is 0 Å². The summed E-state index contributed by atoms with van der Waals surface area (Å²) in [4.78, 5) is 18.9. The number of pyridine rings is 1. The second-order valence-corrected chi connectivity index (χ2v) is 6.23. The molecule has 2 aromatic rings. The van der Waals surface area contributed by atoms with E-state index in [1.54, 1.807) is 18.5 Å². The summed E-state index contributed by atoms with van der Waals surface area (Å²) in [5, 5.41) is 0. The van der Waals surface area contributed by atoms with Crippen molar-refractivity contribution in [3.05, 3.63) is 52.7 Å². The summed E-state index contributed by atoms with van der Waals surface area (Å²) in [5.74, 6) is 0.790. The second-order valence-electron chi connectivity index (χ2n) is 5.31. The Balaban J connectivity index is 1.83. The Kier molecular flexibility index (Phi) is 4.39. The molecule has 0 unspecified atom stereocenters. The van der Waals surface area contributed by atoms with Crippen molar-refractivity contribution < 1.29 is 9.21 Å². The van der Waals surface area contributed by atoms with Crippen LogP contribution in [0.2, 0.25) is 0 Å². The van der Waals surface area contributed by atoms with Crippen LogP contribution in [0.3, 0.4) is 0 Å². The highest BCUT2D eigenvalue weighted by Gasteiger charge is 2.28. The second kappa shape index (κ2) is 6.43. The molecule has 0 aromatic carbocycles. The van der Waals surface area contributed by atoms with E-state index in [0.717, 1.165) is 23.1 Å². The first kappa shape index (κ1) is 14.3. The van der Waals surface area contributed by atoms with E-state index in [2.05, 4.69) is 20.9 Å². The minimum Gasteiger partial charge on any atom is -0.467 e. The van der Waals surface area contributed by atoms with E-state index < -0.39 is 0 Å². The number of carbonyl (C=O) groups is 1. The molecule has 1 saturated carbocycles. The van der Waals surface area contributed by atoms with Crippen molar-refractivity contribution >= 4 is 21.8 Å². The van der Waals surface area contributed by atoms with Crippen LogP contribution in [-0.2, 0) is 6.54 Å². The maximum absolute atomic E-state index is 12.8. The minimum absolute atomic E-state index is 0.0224. The maximum atomic E-state index is 12.8. The molecule has 2 aromatic heterocycles. The summed E-state index contributed by atoms with van der Waals surface area (Å²) in [6.07, 6.45) is 7.78. The van der Waals surface area contributed by atoms with Crippen molar-refractivity contribution in [2.75, 3.05) is 0 Å². The first-order chi connectivity index (χ1) is 10.2. The summed E-state index contributed by atoms with van der Waals surface area (Å²) in [5.41, 5.74) is 0.483. The van der Waals surface area contributed by atoms with Crippen LogP contribution in [0.25, 0.3) is 0 Å². The molecule has 1 fully saturated rings. The summed E-state index contributed by atoms with van der Waals surface area (Å²) >= 11 is 3.34. The molecule has 0 aliphatic heterocycles. The molecule has 1 aliphatic carbocycles. The van der Waals surface area contributed by atoms with Gasteiger partial charge in [0.1, 0.15) is 11.5 Å². The van der Waals surface area contributed by atoms with Crippen LogP contribution in [0.15, 0.2) is 45.6 Å². The van der Waals surface area contributed by atoms with Gasteiger partial charge in [-0.1, -0.05) is 12.8 Å². The third kappa shape index (κ3) is 3.35. The predicted octanol–water partition coefficient (Wildman–Crippen LogP) is 4.02. The van der Waals surface area contributed by atoms with Crippen LogP contribution >= 0.6 is 15.9 Å². The lowest BCUT2D eigenvalue weighted by molar-refractivity contribution is 0.0643. The SMILES string of the molecule is O=C(c1ccc(Br)cn1)N(Cc1ccco1)C1CCCC1. The number of amides is 1. The Morgan fingerprint density at radius 3 is 2.76 bits per heavy atom. The molecular weight excluding hydrogens is 332 g/mol. The number of furan rings is 1. The fourth-order valence-electron chi connectivity index (χ4n) is 2.80. The van der Waals surface area contributed by atoms with E-state index in [9.17, 15) is 4.79 Å². The van der Waals surface area contributed by atoms with Crippen LogP contribution in [-0.4, -0.2) is 21.8 Å². The van der Waals surface area contributed by atoms with Gasteiger partial charge in [-0.2, -0.15) is 0 Å². The fourth-order valence-corrected chi connectivity index (χ4v) is 3.04. The lowest BCUT2D eigenvalue weighted by Gasteiger charge is -2.28. The summed E-state index contributed by atoms with van der Waals surface area (Å²) in [6, 6.07) is 7.65. The van der Waals surface area contributed by atoms with E-state index in [1.165, 1.54) is 12.8 Å². The van der Waals surface area contributed by atoms with Gasteiger partial charge >= 0.3 is 0 Å². The Bertz CT molecular complexity index is 589. The highest BCUT2D eigenvalue weighted by molar-refractivity contribution is 9.10. The number of halogens is 1. The molecule has 0 radical (unpaired) electrons. The van der Waals surface area contributed by atoms with Gasteiger partial charge in [0, 0.05) is 16.7 Å². The molecule has 0 bridgehead atoms. The van der Waals surface area contributed by atoms with Gasteiger partial charge in [0.05, 0.1) is 12.8 Å². The monoisotopic (exact) mass is 348 g/mol. The van der Waals surface area contributed by atoms with Gasteiger partial charge in [-0.25, -0.2) is 4.98 Å². The summed E-state index contributed by atoms with van der Waals surface area (Å²) in [6.45, 7) is 0.508. The highest BCUT2D eigenvalue weighted by atomic mass is 79.9. The first-order valence-electron chi connectivity index (χ1n) is 7.19. The number of hydrogen-bond donors (Lipinski definition) is 0. The Morgan fingerprint density at radius 1 is 1.33 bits per heavy atom. The van der Waals surface area contributed by atoms with Crippen LogP contribution in [0.4, 0.5) is 0 Å². The first-order valence-corrected chi connectivity index (χ1v) is 7.98. The molecule has 0 spiro atoms. The van der Waals surface area contributed by atoms with Gasteiger partial charge in [-0.3, -0.25) is 4.79 Å². The van der Waals surface area contributed by atoms with Crippen molar-refractivity contribution in [3.63, 3.8) is 0 Å². The van der Waals surface area contributed by atoms with Gasteiger partial charge < -0.3 is 9.32 Å². The molecule has 5 heteroatoms. The van der Waals surface area contributed by atoms with Gasteiger partial charge in [0.2, 0.25) is 0 Å². The third-order valence-corrected chi connectivity index (χ3v) is 4.35. The Labute approximate surface area is 132 Å². The molecule has 1 aliphatic rings. The number of aromatic nitrogens is 1. The predicted molar refractivity (Wildman–Crippen MR) is 82.8 cm³/mol. The molecule has 2 heterocycles. The number of carbonyl (C=O) groups excluding carboxylic acids is 1. The third-order valence-electron chi connectivity index (χ3n) is 3.88. The topological polar surface area (TPSA) is 46.3 Å². The van der Waals surface area contributed by atoms with Gasteiger partial charge in [-0.05, 0) is 53.0 Å². The van der Waals surface area contributed by atoms with Crippen molar-refractivity contribution in [3.8, 4) is 0 Å². The Morgan fingerprint density at radius 2 is 2.14 bits per heavy atom.